The van der Waals surface area contributed by atoms with Gasteiger partial charge in [0.25, 0.3) is 0 Å². The van der Waals surface area contributed by atoms with Crippen molar-refractivity contribution in [2.45, 2.75) is 25.6 Å². The first kappa shape index (κ1) is 16.3. The number of ether oxygens (including phenoxy) is 1. The van der Waals surface area contributed by atoms with E-state index >= 15 is 0 Å². The summed E-state index contributed by atoms with van der Waals surface area (Å²) in [6, 6.07) is 13.6. The summed E-state index contributed by atoms with van der Waals surface area (Å²) in [7, 11) is 0. The van der Waals surface area contributed by atoms with Crippen LogP contribution in [0.3, 0.4) is 0 Å². The Morgan fingerprint density at radius 1 is 1.17 bits per heavy atom. The van der Waals surface area contributed by atoms with Gasteiger partial charge in [-0.25, -0.2) is 9.59 Å². The predicted molar refractivity (Wildman–Crippen MR) is 88.7 cm³/mol. The van der Waals surface area contributed by atoms with Gasteiger partial charge >= 0.3 is 12.1 Å². The molecule has 1 atom stereocenters. The molecule has 0 unspecified atom stereocenters. The summed E-state index contributed by atoms with van der Waals surface area (Å²) >= 11 is 5.99. The Kier molecular flexibility index (Phi) is 4.71. The third-order valence-corrected chi connectivity index (χ3v) is 4.26. The minimum Gasteiger partial charge on any atom is -0.480 e. The molecule has 1 aliphatic rings. The molecule has 5 nitrogen and oxygen atoms in total. The summed E-state index contributed by atoms with van der Waals surface area (Å²) < 4.78 is 5.28. The molecule has 1 amide bonds. The number of amides is 1. The highest BCUT2D eigenvalue weighted by atomic mass is 35.5. The molecule has 0 radical (unpaired) electrons. The second-order valence-electron chi connectivity index (χ2n) is 5.64. The lowest BCUT2D eigenvalue weighted by Crippen LogP contribution is -2.48. The third kappa shape index (κ3) is 3.51. The van der Waals surface area contributed by atoms with E-state index in [1.165, 1.54) is 4.90 Å². The minimum absolute atomic E-state index is 0.102. The van der Waals surface area contributed by atoms with Gasteiger partial charge in [0.1, 0.15) is 12.6 Å². The summed E-state index contributed by atoms with van der Waals surface area (Å²) in [6.45, 7) is 0.269. The van der Waals surface area contributed by atoms with Crippen molar-refractivity contribution in [3.05, 3.63) is 70.2 Å². The molecule has 0 aromatic heterocycles. The Balaban J connectivity index is 1.76. The number of fused-ring (bicyclic) bond motifs is 1. The van der Waals surface area contributed by atoms with Crippen molar-refractivity contribution in [2.24, 2.45) is 0 Å². The van der Waals surface area contributed by atoms with Gasteiger partial charge in [-0.05, 0) is 28.8 Å². The maximum Gasteiger partial charge on any atom is 0.411 e. The van der Waals surface area contributed by atoms with E-state index in [0.717, 1.165) is 16.7 Å². The lowest BCUT2D eigenvalue weighted by atomic mass is 9.94. The van der Waals surface area contributed by atoms with Gasteiger partial charge in [0.15, 0.2) is 0 Å². The van der Waals surface area contributed by atoms with Crippen LogP contribution in [0.4, 0.5) is 4.79 Å². The molecule has 0 saturated heterocycles. The molecule has 1 aliphatic heterocycles. The number of carboxylic acid groups (broad SMARTS) is 1. The van der Waals surface area contributed by atoms with Crippen molar-refractivity contribution in [1.82, 2.24) is 4.90 Å². The van der Waals surface area contributed by atoms with E-state index in [0.29, 0.717) is 5.02 Å². The van der Waals surface area contributed by atoms with Gasteiger partial charge in [0.05, 0.1) is 6.54 Å². The maximum atomic E-state index is 12.4. The fraction of sp³-hybridized carbons (Fsp3) is 0.222. The fourth-order valence-corrected chi connectivity index (χ4v) is 2.96. The van der Waals surface area contributed by atoms with E-state index < -0.39 is 18.1 Å². The molecular weight excluding hydrogens is 330 g/mol. The smallest absolute Gasteiger partial charge is 0.411 e. The van der Waals surface area contributed by atoms with Gasteiger partial charge in [-0.1, -0.05) is 48.0 Å². The Labute approximate surface area is 144 Å². The van der Waals surface area contributed by atoms with Crippen molar-refractivity contribution in [2.75, 3.05) is 0 Å². The van der Waals surface area contributed by atoms with Crippen molar-refractivity contribution < 1.29 is 19.4 Å². The molecule has 1 heterocycles. The zero-order valence-corrected chi connectivity index (χ0v) is 13.6. The first-order valence-electron chi connectivity index (χ1n) is 7.52. The number of carboxylic acids is 1. The highest BCUT2D eigenvalue weighted by Gasteiger charge is 2.35. The normalized spacial score (nSPS) is 16.4. The summed E-state index contributed by atoms with van der Waals surface area (Å²) in [5, 5.41) is 10.0. The molecule has 6 heteroatoms. The number of nitrogens with zero attached hydrogens (tertiary/aromatic N) is 1. The van der Waals surface area contributed by atoms with E-state index in [1.807, 2.05) is 30.3 Å². The zero-order valence-electron chi connectivity index (χ0n) is 12.8. The van der Waals surface area contributed by atoms with Gasteiger partial charge in [-0.3, -0.25) is 4.90 Å². The molecule has 24 heavy (non-hydrogen) atoms. The second-order valence-corrected chi connectivity index (χ2v) is 6.08. The number of halogens is 1. The summed E-state index contributed by atoms with van der Waals surface area (Å²) in [5.74, 6) is -1.05. The standard InChI is InChI=1S/C18H16ClNO4/c19-15-7-6-13-9-16(17(21)22)20(10-14(13)8-15)18(23)24-11-12-4-2-1-3-5-12/h1-8,16H,9-11H2,(H,21,22)/t16-/m1/s1. The number of benzene rings is 2. The van der Waals surface area contributed by atoms with E-state index in [9.17, 15) is 14.7 Å². The Morgan fingerprint density at radius 3 is 2.62 bits per heavy atom. The minimum atomic E-state index is -1.05. The number of carbonyl (C=O) groups excluding carboxylic acids is 1. The summed E-state index contributed by atoms with van der Waals surface area (Å²) in [4.78, 5) is 25.2. The van der Waals surface area contributed by atoms with Crippen LogP contribution in [0.5, 0.6) is 0 Å². The molecule has 3 rings (SSSR count). The van der Waals surface area contributed by atoms with Crippen LogP contribution in [0.2, 0.25) is 5.02 Å². The fourth-order valence-electron chi connectivity index (χ4n) is 2.77. The van der Waals surface area contributed by atoms with Gasteiger partial charge in [-0.2, -0.15) is 0 Å². The van der Waals surface area contributed by atoms with Gasteiger partial charge in [0, 0.05) is 11.4 Å². The molecule has 0 spiro atoms. The lowest BCUT2D eigenvalue weighted by Gasteiger charge is -2.33. The van der Waals surface area contributed by atoms with Crippen molar-refractivity contribution in [3.63, 3.8) is 0 Å². The highest BCUT2D eigenvalue weighted by molar-refractivity contribution is 6.30. The monoisotopic (exact) mass is 345 g/mol. The molecule has 2 aromatic carbocycles. The molecule has 1 N–H and O–H groups in total. The number of aliphatic carboxylic acids is 1. The van der Waals surface area contributed by atoms with Crippen LogP contribution in [0, 0.1) is 0 Å². The molecule has 124 valence electrons. The number of carbonyl (C=O) groups is 2. The average Bonchev–Trinajstić information content (AvgIpc) is 2.59. The van der Waals surface area contributed by atoms with E-state index in [1.54, 1.807) is 18.2 Å². The SMILES string of the molecule is O=C(O)[C@H]1Cc2ccc(Cl)cc2CN1C(=O)OCc1ccccc1. The number of hydrogen-bond acceptors (Lipinski definition) is 3. The lowest BCUT2D eigenvalue weighted by molar-refractivity contribution is -0.143. The van der Waals surface area contributed by atoms with Crippen molar-refractivity contribution >= 4 is 23.7 Å². The Hall–Kier alpha value is -2.53. The zero-order chi connectivity index (χ0) is 17.1. The highest BCUT2D eigenvalue weighted by Crippen LogP contribution is 2.27. The summed E-state index contributed by atoms with van der Waals surface area (Å²) in [5.41, 5.74) is 2.58. The van der Waals surface area contributed by atoms with Gasteiger partial charge in [0.2, 0.25) is 0 Å². The number of hydrogen-bond donors (Lipinski definition) is 1. The molecule has 0 aliphatic carbocycles. The van der Waals surface area contributed by atoms with Crippen molar-refractivity contribution in [1.29, 1.82) is 0 Å². The van der Waals surface area contributed by atoms with Crippen LogP contribution in [-0.2, 0) is 29.1 Å². The predicted octanol–water partition coefficient (Wildman–Crippen LogP) is 3.49. The summed E-state index contributed by atoms with van der Waals surface area (Å²) in [6.07, 6.45) is -0.403. The largest absolute Gasteiger partial charge is 0.480 e. The molecule has 2 aromatic rings. The van der Waals surface area contributed by atoms with E-state index in [-0.39, 0.29) is 19.6 Å². The molecule has 0 saturated carbocycles. The van der Waals surface area contributed by atoms with Crippen LogP contribution >= 0.6 is 11.6 Å². The maximum absolute atomic E-state index is 12.4. The van der Waals surface area contributed by atoms with Crippen LogP contribution in [0.1, 0.15) is 16.7 Å². The second kappa shape index (κ2) is 6.93. The van der Waals surface area contributed by atoms with Gasteiger partial charge < -0.3 is 9.84 Å². The van der Waals surface area contributed by atoms with E-state index in [4.69, 9.17) is 16.3 Å². The molecule has 0 fully saturated rings. The van der Waals surface area contributed by atoms with Crippen LogP contribution < -0.4 is 0 Å². The van der Waals surface area contributed by atoms with Crippen LogP contribution in [0.15, 0.2) is 48.5 Å². The first-order valence-corrected chi connectivity index (χ1v) is 7.90. The van der Waals surface area contributed by atoms with Gasteiger partial charge in [-0.15, -0.1) is 0 Å². The molecular formula is C18H16ClNO4. The molecule has 0 bridgehead atoms. The topological polar surface area (TPSA) is 66.8 Å². The third-order valence-electron chi connectivity index (χ3n) is 4.02. The average molecular weight is 346 g/mol. The van der Waals surface area contributed by atoms with Crippen LogP contribution in [-0.4, -0.2) is 28.1 Å². The Morgan fingerprint density at radius 2 is 1.92 bits per heavy atom. The van der Waals surface area contributed by atoms with Crippen molar-refractivity contribution in [3.8, 4) is 0 Å². The first-order chi connectivity index (χ1) is 11.5. The van der Waals surface area contributed by atoms with Crippen LogP contribution in [0.25, 0.3) is 0 Å². The quantitative estimate of drug-likeness (QED) is 0.924. The number of rotatable bonds is 3. The van der Waals surface area contributed by atoms with E-state index in [2.05, 4.69) is 0 Å². The Bertz CT molecular complexity index is 763.